The zero-order valence-electron chi connectivity index (χ0n) is 10.3. The summed E-state index contributed by atoms with van der Waals surface area (Å²) in [4.78, 5) is 21.6. The summed E-state index contributed by atoms with van der Waals surface area (Å²) in [6.07, 6.45) is 0.754. The van der Waals surface area contributed by atoms with Gasteiger partial charge in [0.1, 0.15) is 6.61 Å². The van der Waals surface area contributed by atoms with Crippen LogP contribution in [0.25, 0.3) is 0 Å². The largest absolute Gasteiger partial charge is 0.490 e. The number of nitro benzene ring substituents is 1. The third-order valence-corrected chi connectivity index (χ3v) is 2.44. The van der Waals surface area contributed by atoms with Gasteiger partial charge >= 0.3 is 5.69 Å². The van der Waals surface area contributed by atoms with E-state index in [1.54, 1.807) is 6.07 Å². The molecule has 0 radical (unpaired) electrons. The van der Waals surface area contributed by atoms with E-state index < -0.39 is 4.92 Å². The van der Waals surface area contributed by atoms with Crippen molar-refractivity contribution in [3.8, 4) is 5.75 Å². The number of ketones is 1. The van der Waals surface area contributed by atoms with Gasteiger partial charge in [0, 0.05) is 19.6 Å². The fourth-order valence-electron chi connectivity index (χ4n) is 1.55. The van der Waals surface area contributed by atoms with E-state index in [0.29, 0.717) is 12.8 Å². The summed E-state index contributed by atoms with van der Waals surface area (Å²) in [6, 6.07) is 4.68. The van der Waals surface area contributed by atoms with Gasteiger partial charge in [-0.1, -0.05) is 6.07 Å². The Morgan fingerprint density at radius 2 is 2.11 bits per heavy atom. The lowest BCUT2D eigenvalue weighted by molar-refractivity contribution is -0.385. The molecule has 6 heteroatoms. The summed E-state index contributed by atoms with van der Waals surface area (Å²) in [5.74, 6) is 0.183. The molecule has 0 fully saturated rings. The van der Waals surface area contributed by atoms with Crippen LogP contribution in [0.15, 0.2) is 18.2 Å². The molecule has 98 valence electrons. The summed E-state index contributed by atoms with van der Waals surface area (Å²) >= 11 is 0. The van der Waals surface area contributed by atoms with E-state index in [1.165, 1.54) is 26.4 Å². The lowest BCUT2D eigenvalue weighted by atomic mass is 10.1. The lowest BCUT2D eigenvalue weighted by Crippen LogP contribution is -2.07. The Kier molecular flexibility index (Phi) is 5.26. The second kappa shape index (κ2) is 6.70. The summed E-state index contributed by atoms with van der Waals surface area (Å²) < 4.78 is 9.61. The molecule has 0 N–H and O–H groups in total. The summed E-state index contributed by atoms with van der Waals surface area (Å²) in [7, 11) is 2.83. The molecular formula is C12H15NO5. The minimum absolute atomic E-state index is 0.0315. The molecule has 0 aliphatic heterocycles. The van der Waals surface area contributed by atoms with Crippen LogP contribution in [-0.4, -0.2) is 31.5 Å². The zero-order valence-corrected chi connectivity index (χ0v) is 10.3. The van der Waals surface area contributed by atoms with Crippen molar-refractivity contribution in [1.29, 1.82) is 0 Å². The van der Waals surface area contributed by atoms with E-state index in [1.807, 2.05) is 0 Å². The molecular weight excluding hydrogens is 238 g/mol. The standard InChI is InChI=1S/C12H15NO5/c1-17-8-10(14)5-3-9-4-6-12(18-2)11(7-9)13(15)16/h4,6-7H,3,5,8H2,1-2H3. The number of hydrogen-bond acceptors (Lipinski definition) is 5. The van der Waals surface area contributed by atoms with Gasteiger partial charge in [0.05, 0.1) is 12.0 Å². The van der Waals surface area contributed by atoms with Crippen LogP contribution in [0.3, 0.4) is 0 Å². The number of nitrogens with zero attached hydrogens (tertiary/aromatic N) is 1. The van der Waals surface area contributed by atoms with E-state index in [-0.39, 0.29) is 23.8 Å². The Hall–Kier alpha value is -1.95. The quantitative estimate of drug-likeness (QED) is 0.546. The highest BCUT2D eigenvalue weighted by Gasteiger charge is 2.15. The highest BCUT2D eigenvalue weighted by atomic mass is 16.6. The first kappa shape index (κ1) is 14.1. The SMILES string of the molecule is COCC(=O)CCc1ccc(OC)c([N+](=O)[O-])c1. The van der Waals surface area contributed by atoms with Crippen LogP contribution in [0.4, 0.5) is 5.69 Å². The first-order valence-electron chi connectivity index (χ1n) is 5.40. The van der Waals surface area contributed by atoms with E-state index >= 15 is 0 Å². The Bertz CT molecular complexity index is 444. The summed E-state index contributed by atoms with van der Waals surface area (Å²) in [5.41, 5.74) is 0.640. The van der Waals surface area contributed by atoms with Gasteiger partial charge in [-0.3, -0.25) is 14.9 Å². The third-order valence-electron chi connectivity index (χ3n) is 2.44. The molecule has 1 aromatic rings. The highest BCUT2D eigenvalue weighted by molar-refractivity contribution is 5.79. The van der Waals surface area contributed by atoms with Crippen molar-refractivity contribution in [3.63, 3.8) is 0 Å². The average molecular weight is 253 g/mol. The van der Waals surface area contributed by atoms with Gasteiger partial charge in [-0.2, -0.15) is 0 Å². The van der Waals surface area contributed by atoms with Crippen LogP contribution in [0.1, 0.15) is 12.0 Å². The fourth-order valence-corrected chi connectivity index (χ4v) is 1.55. The number of rotatable bonds is 7. The topological polar surface area (TPSA) is 78.7 Å². The second-order valence-corrected chi connectivity index (χ2v) is 3.73. The van der Waals surface area contributed by atoms with Crippen LogP contribution >= 0.6 is 0 Å². The number of hydrogen-bond donors (Lipinski definition) is 0. The molecule has 0 saturated heterocycles. The molecule has 1 rings (SSSR count). The van der Waals surface area contributed by atoms with Crippen molar-refractivity contribution in [2.45, 2.75) is 12.8 Å². The molecule has 0 saturated carbocycles. The number of benzene rings is 1. The molecule has 0 aliphatic rings. The van der Waals surface area contributed by atoms with Crippen LogP contribution in [0, 0.1) is 10.1 Å². The van der Waals surface area contributed by atoms with Crippen LogP contribution in [0.2, 0.25) is 0 Å². The molecule has 0 spiro atoms. The molecule has 0 unspecified atom stereocenters. The predicted molar refractivity (Wildman–Crippen MR) is 64.9 cm³/mol. The first-order valence-corrected chi connectivity index (χ1v) is 5.40. The highest BCUT2D eigenvalue weighted by Crippen LogP contribution is 2.27. The molecule has 0 heterocycles. The van der Waals surface area contributed by atoms with E-state index in [4.69, 9.17) is 9.47 Å². The molecule has 1 aromatic carbocycles. The van der Waals surface area contributed by atoms with Crippen molar-refractivity contribution >= 4 is 11.5 Å². The predicted octanol–water partition coefficient (Wildman–Crippen LogP) is 1.75. The van der Waals surface area contributed by atoms with Gasteiger partial charge in [-0.15, -0.1) is 0 Å². The third kappa shape index (κ3) is 3.81. The Labute approximate surface area is 105 Å². The van der Waals surface area contributed by atoms with E-state index in [9.17, 15) is 14.9 Å². The molecule has 0 amide bonds. The molecule has 0 bridgehead atoms. The van der Waals surface area contributed by atoms with Crippen LogP contribution in [-0.2, 0) is 16.0 Å². The number of ether oxygens (including phenoxy) is 2. The molecule has 6 nitrogen and oxygen atoms in total. The Balaban J connectivity index is 2.76. The lowest BCUT2D eigenvalue weighted by Gasteiger charge is -2.04. The number of methoxy groups -OCH3 is 2. The fraction of sp³-hybridized carbons (Fsp3) is 0.417. The number of Topliss-reactive ketones (excluding diaryl/α,β-unsaturated/α-hetero) is 1. The van der Waals surface area contributed by atoms with Gasteiger partial charge in [0.15, 0.2) is 11.5 Å². The van der Waals surface area contributed by atoms with Crippen molar-refractivity contribution < 1.29 is 19.2 Å². The molecule has 0 aromatic heterocycles. The van der Waals surface area contributed by atoms with Crippen molar-refractivity contribution in [3.05, 3.63) is 33.9 Å². The van der Waals surface area contributed by atoms with Gasteiger partial charge < -0.3 is 9.47 Å². The summed E-state index contributed by atoms with van der Waals surface area (Å²) in [5, 5.41) is 10.8. The van der Waals surface area contributed by atoms with E-state index in [0.717, 1.165) is 5.56 Å². The maximum atomic E-state index is 11.3. The van der Waals surface area contributed by atoms with Crippen LogP contribution < -0.4 is 4.74 Å². The second-order valence-electron chi connectivity index (χ2n) is 3.73. The molecule has 0 atom stereocenters. The van der Waals surface area contributed by atoms with Gasteiger partial charge in [-0.25, -0.2) is 0 Å². The number of carbonyl (C=O) groups excluding carboxylic acids is 1. The van der Waals surface area contributed by atoms with Gasteiger partial charge in [0.25, 0.3) is 0 Å². The smallest absolute Gasteiger partial charge is 0.311 e. The van der Waals surface area contributed by atoms with Crippen molar-refractivity contribution in [1.82, 2.24) is 0 Å². The normalized spacial score (nSPS) is 10.1. The Morgan fingerprint density at radius 3 is 2.67 bits per heavy atom. The maximum absolute atomic E-state index is 11.3. The van der Waals surface area contributed by atoms with Crippen molar-refractivity contribution in [2.75, 3.05) is 20.8 Å². The first-order chi connectivity index (χ1) is 8.58. The zero-order chi connectivity index (χ0) is 13.5. The number of nitro groups is 1. The monoisotopic (exact) mass is 253 g/mol. The van der Waals surface area contributed by atoms with Gasteiger partial charge in [0.2, 0.25) is 0 Å². The van der Waals surface area contributed by atoms with Crippen molar-refractivity contribution in [2.24, 2.45) is 0 Å². The average Bonchev–Trinajstić information content (AvgIpc) is 2.36. The molecule has 18 heavy (non-hydrogen) atoms. The molecule has 0 aliphatic carbocycles. The summed E-state index contributed by atoms with van der Waals surface area (Å²) in [6.45, 7) is 0.0677. The maximum Gasteiger partial charge on any atom is 0.311 e. The number of carbonyl (C=O) groups is 1. The van der Waals surface area contributed by atoms with Gasteiger partial charge in [-0.05, 0) is 18.1 Å². The minimum Gasteiger partial charge on any atom is -0.490 e. The van der Waals surface area contributed by atoms with Crippen LogP contribution in [0.5, 0.6) is 5.75 Å². The minimum atomic E-state index is -0.501. The van der Waals surface area contributed by atoms with E-state index in [2.05, 4.69) is 0 Å². The number of aryl methyl sites for hydroxylation is 1. The Morgan fingerprint density at radius 1 is 1.39 bits per heavy atom.